The number of methoxy groups -OCH3 is 2. The van der Waals surface area contributed by atoms with Gasteiger partial charge < -0.3 is 19.7 Å². The Morgan fingerprint density at radius 2 is 1.71 bits per heavy atom. The van der Waals surface area contributed by atoms with Gasteiger partial charge in [0.25, 0.3) is 0 Å². The van der Waals surface area contributed by atoms with Gasteiger partial charge in [0.2, 0.25) is 0 Å². The van der Waals surface area contributed by atoms with Crippen molar-refractivity contribution in [1.29, 1.82) is 0 Å². The van der Waals surface area contributed by atoms with Crippen LogP contribution in [-0.2, 0) is 16.0 Å². The summed E-state index contributed by atoms with van der Waals surface area (Å²) in [7, 11) is 2.63. The maximum atomic E-state index is 12.3. The zero-order valence-corrected chi connectivity index (χ0v) is 19.8. The molecular formula is C22H27N3O4S2. The van der Waals surface area contributed by atoms with Crippen LogP contribution >= 0.6 is 23.6 Å². The van der Waals surface area contributed by atoms with E-state index in [4.69, 9.17) is 21.7 Å². The van der Waals surface area contributed by atoms with E-state index in [-0.39, 0.29) is 0 Å². The molecule has 166 valence electrons. The standard InChI is InChI=1S/C22H27N3O4S2/c1-14-7-5-6-8-16(14)13-24-9-11-25(12-10-24)22(30)23-19-17(20(26)28-3)15(2)18(31-19)21(27)29-4/h5-8H,9-13H2,1-4H3,(H,23,30). The average Bonchev–Trinajstić information content (AvgIpc) is 3.10. The number of carbonyl (C=O) groups is 2. The number of hydrogen-bond donors (Lipinski definition) is 1. The van der Waals surface area contributed by atoms with Gasteiger partial charge in [0.1, 0.15) is 9.88 Å². The Hall–Kier alpha value is -2.49. The highest BCUT2D eigenvalue weighted by atomic mass is 32.1. The highest BCUT2D eigenvalue weighted by molar-refractivity contribution is 7.80. The number of thiophene rings is 1. The monoisotopic (exact) mass is 461 g/mol. The van der Waals surface area contributed by atoms with E-state index in [1.54, 1.807) is 6.92 Å². The van der Waals surface area contributed by atoms with Gasteiger partial charge in [-0.25, -0.2) is 9.59 Å². The number of benzene rings is 1. The minimum Gasteiger partial charge on any atom is -0.465 e. The second kappa shape index (κ2) is 10.2. The molecule has 1 aromatic heterocycles. The number of carbonyl (C=O) groups excluding carboxylic acids is 2. The second-order valence-electron chi connectivity index (χ2n) is 7.36. The van der Waals surface area contributed by atoms with Crippen molar-refractivity contribution in [2.75, 3.05) is 45.7 Å². The van der Waals surface area contributed by atoms with Crippen molar-refractivity contribution in [2.45, 2.75) is 20.4 Å². The van der Waals surface area contributed by atoms with Crippen LogP contribution in [0.5, 0.6) is 0 Å². The Bertz CT molecular complexity index is 981. The molecule has 0 amide bonds. The molecule has 31 heavy (non-hydrogen) atoms. The van der Waals surface area contributed by atoms with Crippen LogP contribution in [-0.4, -0.2) is 67.2 Å². The van der Waals surface area contributed by atoms with Crippen LogP contribution in [0.3, 0.4) is 0 Å². The van der Waals surface area contributed by atoms with Crippen molar-refractivity contribution in [2.24, 2.45) is 0 Å². The molecule has 1 aromatic carbocycles. The van der Waals surface area contributed by atoms with E-state index in [9.17, 15) is 9.59 Å². The lowest BCUT2D eigenvalue weighted by Gasteiger charge is -2.36. The molecule has 1 aliphatic rings. The minimum absolute atomic E-state index is 0.313. The molecule has 0 unspecified atom stereocenters. The molecule has 3 rings (SSSR count). The van der Waals surface area contributed by atoms with E-state index in [0.717, 1.165) is 44.1 Å². The zero-order valence-electron chi connectivity index (χ0n) is 18.2. The van der Waals surface area contributed by atoms with Crippen molar-refractivity contribution in [1.82, 2.24) is 9.80 Å². The molecule has 1 saturated heterocycles. The molecule has 9 heteroatoms. The Labute approximate surface area is 191 Å². The Balaban J connectivity index is 1.66. The number of nitrogens with one attached hydrogen (secondary N) is 1. The third-order valence-corrected chi connectivity index (χ3v) is 6.99. The predicted octanol–water partition coefficient (Wildman–Crippen LogP) is 3.45. The normalized spacial score (nSPS) is 14.3. The molecule has 2 aromatic rings. The van der Waals surface area contributed by atoms with Crippen molar-refractivity contribution in [3.63, 3.8) is 0 Å². The minimum atomic E-state index is -0.516. The van der Waals surface area contributed by atoms with E-state index >= 15 is 0 Å². The molecule has 0 spiro atoms. The first-order valence-corrected chi connectivity index (χ1v) is 11.2. The van der Waals surface area contributed by atoms with Crippen LogP contribution in [0.2, 0.25) is 0 Å². The third-order valence-electron chi connectivity index (χ3n) is 5.44. The number of nitrogens with zero attached hydrogens (tertiary/aromatic N) is 2. The summed E-state index contributed by atoms with van der Waals surface area (Å²) < 4.78 is 9.74. The zero-order chi connectivity index (χ0) is 22.5. The fourth-order valence-corrected chi connectivity index (χ4v) is 5.01. The third kappa shape index (κ3) is 5.23. The van der Waals surface area contributed by atoms with Gasteiger partial charge in [0.05, 0.1) is 19.8 Å². The summed E-state index contributed by atoms with van der Waals surface area (Å²) in [4.78, 5) is 29.2. The lowest BCUT2D eigenvalue weighted by molar-refractivity contribution is 0.0601. The van der Waals surface area contributed by atoms with Crippen LogP contribution in [0.25, 0.3) is 0 Å². The summed E-state index contributed by atoms with van der Waals surface area (Å²) in [6.45, 7) is 8.08. The number of piperazine rings is 1. The van der Waals surface area contributed by atoms with Gasteiger partial charge in [0.15, 0.2) is 5.11 Å². The largest absolute Gasteiger partial charge is 0.465 e. The van der Waals surface area contributed by atoms with E-state index in [2.05, 4.69) is 46.3 Å². The summed E-state index contributed by atoms with van der Waals surface area (Å²) in [6.07, 6.45) is 0. The van der Waals surface area contributed by atoms with Gasteiger partial charge in [-0.05, 0) is 42.8 Å². The van der Waals surface area contributed by atoms with Crippen molar-refractivity contribution < 1.29 is 19.1 Å². The van der Waals surface area contributed by atoms with Gasteiger partial charge in [-0.3, -0.25) is 4.90 Å². The molecule has 1 aliphatic heterocycles. The fraction of sp³-hybridized carbons (Fsp3) is 0.409. The van der Waals surface area contributed by atoms with Crippen molar-refractivity contribution in [3.05, 3.63) is 51.4 Å². The Kier molecular flexibility index (Phi) is 7.64. The van der Waals surface area contributed by atoms with Gasteiger partial charge >= 0.3 is 11.9 Å². The van der Waals surface area contributed by atoms with Crippen molar-refractivity contribution >= 4 is 45.6 Å². The van der Waals surface area contributed by atoms with Crippen LogP contribution < -0.4 is 5.32 Å². The highest BCUT2D eigenvalue weighted by Gasteiger charge is 2.27. The van der Waals surface area contributed by atoms with Crippen LogP contribution in [0.1, 0.15) is 36.7 Å². The molecule has 0 saturated carbocycles. The number of aryl methyl sites for hydroxylation is 1. The number of thiocarbonyl (C=S) groups is 1. The SMILES string of the molecule is COC(=O)c1sc(NC(=S)N2CCN(Cc3ccccc3C)CC2)c(C(=O)OC)c1C. The van der Waals surface area contributed by atoms with E-state index in [1.807, 2.05) is 0 Å². The molecular weight excluding hydrogens is 434 g/mol. The molecule has 1 fully saturated rings. The van der Waals surface area contributed by atoms with Crippen LogP contribution in [0.15, 0.2) is 24.3 Å². The lowest BCUT2D eigenvalue weighted by atomic mass is 10.1. The first-order valence-electron chi connectivity index (χ1n) is 9.98. The topological polar surface area (TPSA) is 71.1 Å². The number of ether oxygens (including phenoxy) is 2. The summed E-state index contributed by atoms with van der Waals surface area (Å²) in [5.41, 5.74) is 3.47. The molecule has 0 aliphatic carbocycles. The van der Waals surface area contributed by atoms with E-state index in [1.165, 1.54) is 25.3 Å². The van der Waals surface area contributed by atoms with Gasteiger partial charge in [0, 0.05) is 32.7 Å². The average molecular weight is 462 g/mol. The Morgan fingerprint density at radius 1 is 1.06 bits per heavy atom. The highest BCUT2D eigenvalue weighted by Crippen LogP contribution is 2.34. The van der Waals surface area contributed by atoms with Gasteiger partial charge in [-0.2, -0.15) is 0 Å². The molecule has 1 N–H and O–H groups in total. The first kappa shape index (κ1) is 23.2. The van der Waals surface area contributed by atoms with E-state index in [0.29, 0.717) is 26.1 Å². The number of rotatable bonds is 5. The summed E-state index contributed by atoms with van der Waals surface area (Å²) >= 11 is 6.76. The smallest absolute Gasteiger partial charge is 0.348 e. The molecule has 2 heterocycles. The van der Waals surface area contributed by atoms with Crippen molar-refractivity contribution in [3.8, 4) is 0 Å². The summed E-state index contributed by atoms with van der Waals surface area (Å²) in [5, 5.41) is 4.18. The van der Waals surface area contributed by atoms with Crippen LogP contribution in [0.4, 0.5) is 5.00 Å². The first-order chi connectivity index (χ1) is 14.8. The van der Waals surface area contributed by atoms with E-state index < -0.39 is 11.9 Å². The summed E-state index contributed by atoms with van der Waals surface area (Å²) in [6, 6.07) is 8.43. The molecule has 0 atom stereocenters. The fourth-order valence-electron chi connectivity index (χ4n) is 3.55. The predicted molar refractivity (Wildman–Crippen MR) is 126 cm³/mol. The number of anilines is 1. The number of hydrogen-bond acceptors (Lipinski definition) is 7. The lowest BCUT2D eigenvalue weighted by Crippen LogP contribution is -2.49. The van der Waals surface area contributed by atoms with Gasteiger partial charge in [-0.1, -0.05) is 24.3 Å². The van der Waals surface area contributed by atoms with Gasteiger partial charge in [-0.15, -0.1) is 11.3 Å². The quantitative estimate of drug-likeness (QED) is 0.536. The Morgan fingerprint density at radius 3 is 2.32 bits per heavy atom. The number of esters is 2. The molecule has 0 bridgehead atoms. The molecule has 0 radical (unpaired) electrons. The summed E-state index contributed by atoms with van der Waals surface area (Å²) in [5.74, 6) is -1.01. The molecule has 7 nitrogen and oxygen atoms in total. The maximum absolute atomic E-state index is 12.3. The maximum Gasteiger partial charge on any atom is 0.348 e. The second-order valence-corrected chi connectivity index (χ2v) is 8.77. The van der Waals surface area contributed by atoms with Crippen LogP contribution in [0, 0.1) is 13.8 Å².